The summed E-state index contributed by atoms with van der Waals surface area (Å²) in [6.45, 7) is 3.87. The molecule has 9 heteroatoms. The Labute approximate surface area is 164 Å². The fourth-order valence-electron chi connectivity index (χ4n) is 3.44. The molecule has 1 atom stereocenters. The molecular weight excluding hydrogens is 392 g/mol. The van der Waals surface area contributed by atoms with Crippen LogP contribution < -0.4 is 10.5 Å². The number of benzene rings is 1. The van der Waals surface area contributed by atoms with Crippen molar-refractivity contribution in [1.29, 1.82) is 0 Å². The Morgan fingerprint density at radius 3 is 2.85 bits per heavy atom. The second kappa shape index (κ2) is 6.98. The molecule has 27 heavy (non-hydrogen) atoms. The Bertz CT molecular complexity index is 1060. The van der Waals surface area contributed by atoms with Gasteiger partial charge in [-0.3, -0.25) is 4.79 Å². The van der Waals surface area contributed by atoms with Gasteiger partial charge in [0.25, 0.3) is 5.56 Å². The normalized spacial score (nSPS) is 14.9. The van der Waals surface area contributed by atoms with Gasteiger partial charge < -0.3 is 9.47 Å². The maximum Gasteiger partial charge on any atom is 0.285 e. The fourth-order valence-corrected chi connectivity index (χ4v) is 3.98. The minimum Gasteiger partial charge on any atom is -0.360 e. The summed E-state index contributed by atoms with van der Waals surface area (Å²) >= 11 is 12.3. The lowest BCUT2D eigenvalue weighted by molar-refractivity contribution is 0.537. The number of halogens is 3. The number of hydrogen-bond acceptors (Lipinski definition) is 4. The molecule has 0 fully saturated rings. The molecule has 4 rings (SSSR count). The SMILES string of the molecule is CC(c1ccc(F)cc1Cl)c1cnc2n1CCN(c1cn[nH]c(=O)c1Cl)C2. The summed E-state index contributed by atoms with van der Waals surface area (Å²) < 4.78 is 15.5. The monoisotopic (exact) mass is 407 g/mol. The molecule has 0 radical (unpaired) electrons. The van der Waals surface area contributed by atoms with Crippen LogP contribution in [0, 0.1) is 5.82 Å². The standard InChI is InChI=1S/C18H16Cl2FN5O/c1-10(12-3-2-11(21)6-13(12)19)14-7-22-16-9-25(4-5-26(14)16)15-8-23-24-18(27)17(15)20/h2-3,6-8,10H,4-5,9H2,1H3,(H,24,27). The van der Waals surface area contributed by atoms with Crippen LogP contribution in [0.2, 0.25) is 10.0 Å². The second-order valence-electron chi connectivity index (χ2n) is 6.46. The molecule has 1 aromatic carbocycles. The Morgan fingerprint density at radius 2 is 2.07 bits per heavy atom. The molecule has 0 saturated carbocycles. The number of hydrogen-bond donors (Lipinski definition) is 1. The fraction of sp³-hybridized carbons (Fsp3) is 0.278. The average Bonchev–Trinajstić information content (AvgIpc) is 3.06. The molecule has 0 saturated heterocycles. The first kappa shape index (κ1) is 18.0. The van der Waals surface area contributed by atoms with Crippen molar-refractivity contribution in [3.8, 4) is 0 Å². The minimum atomic E-state index is -0.414. The zero-order valence-electron chi connectivity index (χ0n) is 14.4. The van der Waals surface area contributed by atoms with E-state index < -0.39 is 5.56 Å². The maximum atomic E-state index is 13.3. The largest absolute Gasteiger partial charge is 0.360 e. The molecule has 6 nitrogen and oxygen atoms in total. The third-order valence-corrected chi connectivity index (χ3v) is 5.58. The number of H-pyrrole nitrogens is 1. The van der Waals surface area contributed by atoms with Crippen LogP contribution in [0.25, 0.3) is 0 Å². The van der Waals surface area contributed by atoms with E-state index in [0.29, 0.717) is 30.3 Å². The van der Waals surface area contributed by atoms with Gasteiger partial charge in [0, 0.05) is 35.9 Å². The predicted molar refractivity (Wildman–Crippen MR) is 102 cm³/mol. The molecule has 1 unspecified atom stereocenters. The highest BCUT2D eigenvalue weighted by Crippen LogP contribution is 2.33. The van der Waals surface area contributed by atoms with Gasteiger partial charge in [-0.2, -0.15) is 5.10 Å². The second-order valence-corrected chi connectivity index (χ2v) is 7.24. The van der Waals surface area contributed by atoms with E-state index in [2.05, 4.69) is 19.7 Å². The van der Waals surface area contributed by atoms with Crippen LogP contribution in [-0.2, 0) is 13.1 Å². The molecule has 1 aliphatic heterocycles. The number of rotatable bonds is 3. The lowest BCUT2D eigenvalue weighted by Gasteiger charge is -2.31. The highest BCUT2D eigenvalue weighted by atomic mass is 35.5. The molecule has 0 amide bonds. The van der Waals surface area contributed by atoms with Gasteiger partial charge in [0.15, 0.2) is 0 Å². The van der Waals surface area contributed by atoms with Crippen molar-refractivity contribution in [1.82, 2.24) is 19.7 Å². The van der Waals surface area contributed by atoms with E-state index in [0.717, 1.165) is 17.1 Å². The number of aromatic amines is 1. The van der Waals surface area contributed by atoms with E-state index in [1.54, 1.807) is 12.3 Å². The van der Waals surface area contributed by atoms with E-state index in [-0.39, 0.29) is 16.8 Å². The highest BCUT2D eigenvalue weighted by molar-refractivity contribution is 6.33. The van der Waals surface area contributed by atoms with Gasteiger partial charge in [0.05, 0.1) is 18.4 Å². The van der Waals surface area contributed by atoms with Crippen LogP contribution in [0.15, 0.2) is 35.4 Å². The molecule has 140 valence electrons. The van der Waals surface area contributed by atoms with E-state index in [4.69, 9.17) is 23.2 Å². The summed E-state index contributed by atoms with van der Waals surface area (Å²) in [5, 5.41) is 6.67. The zero-order valence-corrected chi connectivity index (χ0v) is 15.9. The van der Waals surface area contributed by atoms with Gasteiger partial charge in [-0.15, -0.1) is 0 Å². The number of fused-ring (bicyclic) bond motifs is 1. The molecule has 1 aliphatic rings. The summed E-state index contributed by atoms with van der Waals surface area (Å²) in [6.07, 6.45) is 3.37. The Morgan fingerprint density at radius 1 is 1.26 bits per heavy atom. The summed E-state index contributed by atoms with van der Waals surface area (Å²) in [5.41, 5.74) is 2.03. The average molecular weight is 408 g/mol. The van der Waals surface area contributed by atoms with Gasteiger partial charge in [0.2, 0.25) is 0 Å². The number of nitrogens with zero attached hydrogens (tertiary/aromatic N) is 4. The van der Waals surface area contributed by atoms with Crippen LogP contribution >= 0.6 is 23.2 Å². The van der Waals surface area contributed by atoms with Crippen molar-refractivity contribution < 1.29 is 4.39 Å². The molecule has 2 aromatic heterocycles. The smallest absolute Gasteiger partial charge is 0.285 e. The maximum absolute atomic E-state index is 13.3. The first-order valence-corrected chi connectivity index (χ1v) is 9.18. The van der Waals surface area contributed by atoms with Gasteiger partial charge in [-0.05, 0) is 17.7 Å². The van der Waals surface area contributed by atoms with Crippen molar-refractivity contribution in [3.05, 3.63) is 73.9 Å². The summed E-state index contributed by atoms with van der Waals surface area (Å²) in [4.78, 5) is 18.2. The van der Waals surface area contributed by atoms with E-state index >= 15 is 0 Å². The van der Waals surface area contributed by atoms with Crippen molar-refractivity contribution in [2.75, 3.05) is 11.4 Å². The summed E-state index contributed by atoms with van der Waals surface area (Å²) in [5.74, 6) is 0.471. The summed E-state index contributed by atoms with van der Waals surface area (Å²) in [7, 11) is 0. The van der Waals surface area contributed by atoms with Crippen LogP contribution in [0.1, 0.15) is 29.9 Å². The quantitative estimate of drug-likeness (QED) is 0.720. The number of anilines is 1. The van der Waals surface area contributed by atoms with Gasteiger partial charge in [-0.1, -0.05) is 36.2 Å². The van der Waals surface area contributed by atoms with Gasteiger partial charge >= 0.3 is 0 Å². The predicted octanol–water partition coefficient (Wildman–Crippen LogP) is 3.58. The van der Waals surface area contributed by atoms with Crippen molar-refractivity contribution in [2.24, 2.45) is 0 Å². The molecule has 0 spiro atoms. The molecule has 0 aliphatic carbocycles. The summed E-state index contributed by atoms with van der Waals surface area (Å²) in [6, 6.07) is 4.44. The minimum absolute atomic E-state index is 0.0317. The topological polar surface area (TPSA) is 66.8 Å². The van der Waals surface area contributed by atoms with Crippen LogP contribution in [-0.4, -0.2) is 26.3 Å². The third-order valence-electron chi connectivity index (χ3n) is 4.89. The zero-order chi connectivity index (χ0) is 19.1. The van der Waals surface area contributed by atoms with E-state index in [1.165, 1.54) is 12.1 Å². The van der Waals surface area contributed by atoms with Crippen molar-refractivity contribution >= 4 is 28.9 Å². The molecular formula is C18H16Cl2FN5O. The third kappa shape index (κ3) is 3.21. The Hall–Kier alpha value is -2.38. The van der Waals surface area contributed by atoms with E-state index in [9.17, 15) is 9.18 Å². The number of imidazole rings is 1. The van der Waals surface area contributed by atoms with E-state index in [1.807, 2.05) is 18.0 Å². The Kier molecular flexibility index (Phi) is 4.65. The molecule has 3 heterocycles. The van der Waals surface area contributed by atoms with Crippen LogP contribution in [0.5, 0.6) is 0 Å². The number of aromatic nitrogens is 4. The van der Waals surface area contributed by atoms with Crippen molar-refractivity contribution in [3.63, 3.8) is 0 Å². The Balaban J connectivity index is 1.64. The van der Waals surface area contributed by atoms with Gasteiger partial charge in [0.1, 0.15) is 16.7 Å². The van der Waals surface area contributed by atoms with Crippen LogP contribution in [0.4, 0.5) is 10.1 Å². The van der Waals surface area contributed by atoms with Gasteiger partial charge in [-0.25, -0.2) is 14.5 Å². The van der Waals surface area contributed by atoms with Crippen LogP contribution in [0.3, 0.4) is 0 Å². The molecule has 1 N–H and O–H groups in total. The molecule has 3 aromatic rings. The molecule has 0 bridgehead atoms. The van der Waals surface area contributed by atoms with Crippen molar-refractivity contribution in [2.45, 2.75) is 25.9 Å². The first-order chi connectivity index (χ1) is 13.0. The first-order valence-electron chi connectivity index (χ1n) is 8.43. The lowest BCUT2D eigenvalue weighted by atomic mass is 9.98. The highest BCUT2D eigenvalue weighted by Gasteiger charge is 2.25. The number of nitrogens with one attached hydrogen (secondary N) is 1. The lowest BCUT2D eigenvalue weighted by Crippen LogP contribution is -2.35.